The molecule has 2 aromatic heterocycles. The lowest BCUT2D eigenvalue weighted by molar-refractivity contribution is -0.0511. The van der Waals surface area contributed by atoms with Crippen LogP contribution in [0, 0.1) is 0 Å². The summed E-state index contributed by atoms with van der Waals surface area (Å²) in [5.41, 5.74) is 0.256. The lowest BCUT2D eigenvalue weighted by Crippen LogP contribution is -2.39. The van der Waals surface area contributed by atoms with Gasteiger partial charge in [-0.1, -0.05) is 12.8 Å². The van der Waals surface area contributed by atoms with Gasteiger partial charge < -0.3 is 30.5 Å². The van der Waals surface area contributed by atoms with Gasteiger partial charge in [0.05, 0.1) is 25.1 Å². The highest BCUT2D eigenvalue weighted by atomic mass is 35.5. The van der Waals surface area contributed by atoms with Crippen LogP contribution in [-0.4, -0.2) is 77.0 Å². The topological polar surface area (TPSA) is 146 Å². The van der Waals surface area contributed by atoms with Crippen molar-refractivity contribution in [1.82, 2.24) is 19.5 Å². The third-order valence-electron chi connectivity index (χ3n) is 5.43. The van der Waals surface area contributed by atoms with Crippen LogP contribution in [0.25, 0.3) is 11.2 Å². The molecule has 11 heteroatoms. The Morgan fingerprint density at radius 3 is 2.59 bits per heavy atom. The van der Waals surface area contributed by atoms with Crippen LogP contribution in [0.2, 0.25) is 5.28 Å². The molecular weight excluding hydrogens is 378 g/mol. The van der Waals surface area contributed by atoms with Gasteiger partial charge in [-0.15, -0.1) is 0 Å². The molecule has 1 saturated heterocycles. The Morgan fingerprint density at radius 1 is 1.22 bits per heavy atom. The van der Waals surface area contributed by atoms with Gasteiger partial charge in [-0.3, -0.25) is 4.57 Å². The number of rotatable bonds is 5. The fourth-order valence-corrected chi connectivity index (χ4v) is 4.06. The van der Waals surface area contributed by atoms with Crippen molar-refractivity contribution in [1.29, 1.82) is 0 Å². The van der Waals surface area contributed by atoms with E-state index >= 15 is 0 Å². The second-order valence-electron chi connectivity index (χ2n) is 7.16. The van der Waals surface area contributed by atoms with Crippen LogP contribution in [0.4, 0.5) is 5.82 Å². The Balaban J connectivity index is 1.72. The Labute approximate surface area is 159 Å². The molecule has 0 radical (unpaired) electrons. The number of imidazole rings is 1. The number of aliphatic hydroxyl groups excluding tert-OH is 4. The fraction of sp³-hybridized carbons (Fsp3) is 0.688. The van der Waals surface area contributed by atoms with Crippen LogP contribution >= 0.6 is 11.6 Å². The monoisotopic (exact) mass is 399 g/mol. The van der Waals surface area contributed by atoms with Crippen molar-refractivity contribution < 1.29 is 25.2 Å². The van der Waals surface area contributed by atoms with Gasteiger partial charge in [0.25, 0.3) is 0 Å². The molecule has 2 aromatic rings. The smallest absolute Gasteiger partial charge is 0.226 e. The van der Waals surface area contributed by atoms with Crippen molar-refractivity contribution >= 4 is 28.6 Å². The molecule has 27 heavy (non-hydrogen) atoms. The highest BCUT2D eigenvalue weighted by Crippen LogP contribution is 2.36. The second-order valence-corrected chi connectivity index (χ2v) is 7.50. The highest BCUT2D eigenvalue weighted by Gasteiger charge is 2.44. The van der Waals surface area contributed by atoms with Crippen LogP contribution in [0.3, 0.4) is 0 Å². The fourth-order valence-electron chi connectivity index (χ4n) is 3.90. The van der Waals surface area contributed by atoms with Crippen molar-refractivity contribution in [3.05, 3.63) is 11.6 Å². The summed E-state index contributed by atoms with van der Waals surface area (Å²) in [6, 6.07) is 0. The summed E-state index contributed by atoms with van der Waals surface area (Å²) in [6.45, 7) is -0.464. The largest absolute Gasteiger partial charge is 0.394 e. The van der Waals surface area contributed by atoms with Gasteiger partial charge >= 0.3 is 0 Å². The van der Waals surface area contributed by atoms with Gasteiger partial charge in [-0.05, 0) is 24.4 Å². The molecule has 0 unspecified atom stereocenters. The molecule has 3 heterocycles. The van der Waals surface area contributed by atoms with E-state index in [1.807, 2.05) is 0 Å². The maximum Gasteiger partial charge on any atom is 0.226 e. The molecule has 0 amide bonds. The molecule has 4 atom stereocenters. The summed E-state index contributed by atoms with van der Waals surface area (Å²) < 4.78 is 7.01. The molecule has 1 aliphatic carbocycles. The van der Waals surface area contributed by atoms with Crippen LogP contribution in [0.1, 0.15) is 31.9 Å². The number of aromatic nitrogens is 4. The zero-order valence-electron chi connectivity index (χ0n) is 14.5. The Hall–Kier alpha value is -1.56. The third-order valence-corrected chi connectivity index (χ3v) is 5.60. The lowest BCUT2D eigenvalue weighted by Gasteiger charge is -2.28. The van der Waals surface area contributed by atoms with E-state index in [0.29, 0.717) is 17.0 Å². The highest BCUT2D eigenvalue weighted by molar-refractivity contribution is 6.28. The molecular formula is C16H22ClN5O5. The van der Waals surface area contributed by atoms with Crippen LogP contribution in [0.15, 0.2) is 6.33 Å². The van der Waals surface area contributed by atoms with Gasteiger partial charge in [0.1, 0.15) is 18.3 Å². The summed E-state index contributed by atoms with van der Waals surface area (Å²) in [6.07, 6.45) is 0.671. The van der Waals surface area contributed by atoms with E-state index < -0.39 is 36.7 Å². The number of hydrogen-bond donors (Lipinski definition) is 5. The zero-order chi connectivity index (χ0) is 19.2. The first kappa shape index (κ1) is 18.8. The number of halogens is 1. The molecule has 1 aliphatic heterocycles. The van der Waals surface area contributed by atoms with E-state index in [2.05, 4.69) is 20.3 Å². The lowest BCUT2D eigenvalue weighted by atomic mass is 9.99. The molecule has 10 nitrogen and oxygen atoms in total. The van der Waals surface area contributed by atoms with Crippen LogP contribution in [0.5, 0.6) is 0 Å². The summed E-state index contributed by atoms with van der Waals surface area (Å²) >= 11 is 6.10. The summed E-state index contributed by atoms with van der Waals surface area (Å²) in [7, 11) is 0. The average Bonchev–Trinajstić information content (AvgIpc) is 3.35. The van der Waals surface area contributed by atoms with Gasteiger partial charge in [-0.2, -0.15) is 9.97 Å². The Kier molecular flexibility index (Phi) is 4.95. The van der Waals surface area contributed by atoms with E-state index in [9.17, 15) is 20.4 Å². The normalized spacial score (nSPS) is 30.3. The first-order chi connectivity index (χ1) is 13.0. The quantitative estimate of drug-likeness (QED) is 0.431. The molecule has 2 fully saturated rings. The van der Waals surface area contributed by atoms with E-state index in [-0.39, 0.29) is 11.9 Å². The second kappa shape index (κ2) is 7.12. The average molecular weight is 400 g/mol. The Morgan fingerprint density at radius 2 is 1.96 bits per heavy atom. The number of aliphatic hydroxyl groups is 4. The number of anilines is 1. The minimum Gasteiger partial charge on any atom is -0.394 e. The molecule has 0 aromatic carbocycles. The van der Waals surface area contributed by atoms with Crippen molar-refractivity contribution in [2.45, 2.75) is 55.8 Å². The van der Waals surface area contributed by atoms with Crippen molar-refractivity contribution in [2.24, 2.45) is 0 Å². The number of hydrogen-bond acceptors (Lipinski definition) is 9. The number of nitrogens with zero attached hydrogens (tertiary/aromatic N) is 4. The predicted octanol–water partition coefficient (Wildman–Crippen LogP) is -0.192. The SMILES string of the molecule is OC[C@H]1O[C@@H](n2cnc3c(NC4(CO)CCCC4)nc(Cl)nc32)[C@H](O)[C@@H]1O. The van der Waals surface area contributed by atoms with E-state index in [1.165, 1.54) is 10.9 Å². The van der Waals surface area contributed by atoms with Gasteiger partial charge in [0, 0.05) is 0 Å². The molecule has 0 spiro atoms. The molecule has 1 saturated carbocycles. The van der Waals surface area contributed by atoms with Gasteiger partial charge in [-0.25, -0.2) is 4.98 Å². The van der Waals surface area contributed by atoms with Gasteiger partial charge in [0.2, 0.25) is 5.28 Å². The van der Waals surface area contributed by atoms with E-state index in [1.54, 1.807) is 0 Å². The first-order valence-electron chi connectivity index (χ1n) is 8.89. The molecule has 2 aliphatic rings. The standard InChI is InChI=1S/C16H22ClN5O5/c17-15-19-12(21-16(6-24)3-1-2-4-16)9-13(20-15)22(7-18-9)14-11(26)10(25)8(5-23)27-14/h7-8,10-11,14,23-26H,1-6H2,(H,19,20,21)/t8-,10-,11-,14-/m1/s1. The minimum atomic E-state index is -1.26. The van der Waals surface area contributed by atoms with E-state index in [4.69, 9.17) is 16.3 Å². The summed E-state index contributed by atoms with van der Waals surface area (Å²) in [4.78, 5) is 12.7. The number of ether oxygens (including phenoxy) is 1. The predicted molar refractivity (Wildman–Crippen MR) is 95.2 cm³/mol. The van der Waals surface area contributed by atoms with E-state index in [0.717, 1.165) is 25.7 Å². The van der Waals surface area contributed by atoms with Crippen molar-refractivity contribution in [3.63, 3.8) is 0 Å². The third kappa shape index (κ3) is 3.16. The molecule has 148 valence electrons. The number of nitrogens with one attached hydrogen (secondary N) is 1. The molecule has 0 bridgehead atoms. The Bertz CT molecular complexity index is 827. The minimum absolute atomic E-state index is 0.0235. The van der Waals surface area contributed by atoms with Crippen molar-refractivity contribution in [3.8, 4) is 0 Å². The van der Waals surface area contributed by atoms with Gasteiger partial charge in [0.15, 0.2) is 23.2 Å². The van der Waals surface area contributed by atoms with Crippen LogP contribution in [-0.2, 0) is 4.74 Å². The first-order valence-corrected chi connectivity index (χ1v) is 9.27. The zero-order valence-corrected chi connectivity index (χ0v) is 15.2. The molecule has 4 rings (SSSR count). The molecule has 5 N–H and O–H groups in total. The maximum atomic E-state index is 10.3. The summed E-state index contributed by atoms with van der Waals surface area (Å²) in [5, 5.41) is 42.7. The number of fused-ring (bicyclic) bond motifs is 1. The van der Waals surface area contributed by atoms with Crippen molar-refractivity contribution in [2.75, 3.05) is 18.5 Å². The van der Waals surface area contributed by atoms with Crippen LogP contribution < -0.4 is 5.32 Å². The summed E-state index contributed by atoms with van der Waals surface area (Å²) in [5.74, 6) is 0.395. The maximum absolute atomic E-state index is 10.3.